The minimum Gasteiger partial charge on any atom is -0.459 e. The Bertz CT molecular complexity index is 2100. The van der Waals surface area contributed by atoms with Crippen molar-refractivity contribution in [3.63, 3.8) is 0 Å². The first-order valence-corrected chi connectivity index (χ1v) is 33.3. The number of hydrogen-bond acceptors (Lipinski definition) is 28. The van der Waals surface area contributed by atoms with E-state index in [1.165, 1.54) is 6.07 Å². The van der Waals surface area contributed by atoms with Gasteiger partial charge >= 0.3 is 5.97 Å². The number of fused-ring (bicyclic) bond motifs is 1. The maximum absolute atomic E-state index is 15.3. The molecule has 1 aromatic carbocycles. The van der Waals surface area contributed by atoms with Crippen LogP contribution in [0.1, 0.15) is 29.2 Å². The van der Waals surface area contributed by atoms with E-state index in [0.717, 1.165) is 25.9 Å². The molecule has 0 spiro atoms. The summed E-state index contributed by atoms with van der Waals surface area (Å²) in [6.45, 7) is 23.8. The first-order chi connectivity index (χ1) is 46.6. The fourth-order valence-corrected chi connectivity index (χ4v) is 8.44. The fourth-order valence-electron chi connectivity index (χ4n) is 8.44. The minimum absolute atomic E-state index is 0.0407. The smallest absolute Gasteiger partial charge is 0.343 e. The van der Waals surface area contributed by atoms with Gasteiger partial charge in [-0.05, 0) is 25.0 Å². The summed E-state index contributed by atoms with van der Waals surface area (Å²) in [5, 5.41) is 3.44. The van der Waals surface area contributed by atoms with Crippen LogP contribution in [0.5, 0.6) is 0 Å². The highest BCUT2D eigenvalue weighted by Gasteiger charge is 2.29. The lowest BCUT2D eigenvalue weighted by Crippen LogP contribution is -2.43. The van der Waals surface area contributed by atoms with Gasteiger partial charge in [-0.3, -0.25) is 4.79 Å². The predicted molar refractivity (Wildman–Crippen MR) is 342 cm³/mol. The van der Waals surface area contributed by atoms with Gasteiger partial charge < -0.3 is 128 Å². The number of pyridine rings is 1. The van der Waals surface area contributed by atoms with Crippen LogP contribution in [0.15, 0.2) is 23.1 Å². The number of esters is 1. The Kier molecular flexibility index (Phi) is 54.8. The zero-order chi connectivity index (χ0) is 66.3. The summed E-state index contributed by atoms with van der Waals surface area (Å²) in [6, 6.07) is 3.15. The second-order valence-corrected chi connectivity index (χ2v) is 20.7. The van der Waals surface area contributed by atoms with E-state index in [9.17, 15) is 9.59 Å². The van der Waals surface area contributed by atoms with Gasteiger partial charge in [0.1, 0.15) is 18.0 Å². The molecule has 0 bridgehead atoms. The number of aromatic nitrogens is 1. The van der Waals surface area contributed by atoms with Crippen LogP contribution in [0.4, 0.5) is 10.1 Å². The summed E-state index contributed by atoms with van der Waals surface area (Å²) in [5.74, 6) is -1.24. The number of methoxy groups -OCH3 is 1. The van der Waals surface area contributed by atoms with Gasteiger partial charge in [0.15, 0.2) is 0 Å². The number of carbonyl (C=O) groups excluding carboxylic acids is 1. The van der Waals surface area contributed by atoms with Crippen LogP contribution in [0.25, 0.3) is 10.9 Å². The number of carbonyl (C=O) groups is 1. The molecule has 0 radical (unpaired) electrons. The maximum atomic E-state index is 15.3. The molecule has 1 aromatic heterocycles. The molecule has 546 valence electrons. The van der Waals surface area contributed by atoms with Gasteiger partial charge in [0.25, 0.3) is 0 Å². The van der Waals surface area contributed by atoms with E-state index in [2.05, 4.69) is 5.32 Å². The van der Waals surface area contributed by atoms with Gasteiger partial charge in [-0.25, -0.2) is 9.18 Å². The molecule has 30 heteroatoms. The Morgan fingerprint density at radius 2 is 0.628 bits per heavy atom. The number of nitrogens with zero attached hydrogens (tertiary/aromatic N) is 2. The SMILES string of the molecule is COCCOCCOCCOCCOCCOCCOCCOCCOCCOCCOCCOCCOCCOCCOCCOCCOCCOCCOCCOCCOCCOCCOCCOC(=O)c1cn(C2CC2)c2cc(N3CCNCC3)c(F)cc2c1=O. The number of piperazine rings is 1. The van der Waals surface area contributed by atoms with Crippen molar-refractivity contribution in [2.45, 2.75) is 18.9 Å². The highest BCUT2D eigenvalue weighted by Crippen LogP contribution is 2.38. The number of rotatable bonds is 72. The van der Waals surface area contributed by atoms with Crippen molar-refractivity contribution in [2.75, 3.05) is 342 Å². The van der Waals surface area contributed by atoms with Gasteiger partial charge in [-0.2, -0.15) is 0 Å². The molecule has 1 saturated heterocycles. The maximum Gasteiger partial charge on any atom is 0.343 e. The summed E-state index contributed by atoms with van der Waals surface area (Å²) in [7, 11) is 1.64. The van der Waals surface area contributed by atoms with Crippen LogP contribution in [0, 0.1) is 5.82 Å². The molecule has 0 unspecified atom stereocenters. The molecule has 1 saturated carbocycles. The Hall–Kier alpha value is -3.33. The largest absolute Gasteiger partial charge is 0.459 e. The molecule has 4 rings (SSSR count). The van der Waals surface area contributed by atoms with Crippen LogP contribution < -0.4 is 15.6 Å². The van der Waals surface area contributed by atoms with Crippen molar-refractivity contribution < 1.29 is 123 Å². The van der Waals surface area contributed by atoms with E-state index in [1.807, 2.05) is 9.47 Å². The van der Waals surface area contributed by atoms with Crippen LogP contribution in [0.3, 0.4) is 0 Å². The third kappa shape index (κ3) is 45.3. The molecule has 0 amide bonds. The van der Waals surface area contributed by atoms with Crippen molar-refractivity contribution in [3.8, 4) is 0 Å². The van der Waals surface area contributed by atoms with Crippen LogP contribution in [-0.2, 0) is 114 Å². The van der Waals surface area contributed by atoms with E-state index in [4.69, 9.17) is 114 Å². The van der Waals surface area contributed by atoms with Gasteiger partial charge in [0.05, 0.1) is 309 Å². The number of nitrogens with one attached hydrogen (secondary N) is 1. The van der Waals surface area contributed by atoms with Crippen molar-refractivity contribution in [1.29, 1.82) is 0 Å². The van der Waals surface area contributed by atoms with E-state index in [0.29, 0.717) is 315 Å². The lowest BCUT2D eigenvalue weighted by molar-refractivity contribution is -0.0319. The van der Waals surface area contributed by atoms with Crippen LogP contribution in [0.2, 0.25) is 0 Å². The monoisotopic (exact) mass is 1360 g/mol. The lowest BCUT2D eigenvalue weighted by Gasteiger charge is -2.30. The summed E-state index contributed by atoms with van der Waals surface area (Å²) in [6.07, 6.45) is 3.40. The Morgan fingerprint density at radius 1 is 0.383 bits per heavy atom. The molecular formula is C64H112FN3O26. The Morgan fingerprint density at radius 3 is 0.872 bits per heavy atom. The molecule has 1 aliphatic heterocycles. The predicted octanol–water partition coefficient (Wildman–Crippen LogP) is 2.05. The molecule has 2 heterocycles. The minimum atomic E-state index is -0.758. The lowest BCUT2D eigenvalue weighted by atomic mass is 10.1. The van der Waals surface area contributed by atoms with Gasteiger partial charge in [0.2, 0.25) is 5.43 Å². The van der Waals surface area contributed by atoms with E-state index in [-0.39, 0.29) is 30.2 Å². The molecule has 1 aliphatic carbocycles. The molecule has 94 heavy (non-hydrogen) atoms. The number of ether oxygens (including phenoxy) is 24. The summed E-state index contributed by atoms with van der Waals surface area (Å²) in [5.41, 5.74) is 0.438. The molecular weight excluding hydrogens is 1250 g/mol. The molecule has 29 nitrogen and oxygen atoms in total. The topological polar surface area (TPSA) is 276 Å². The van der Waals surface area contributed by atoms with Crippen molar-refractivity contribution in [2.24, 2.45) is 0 Å². The number of hydrogen-bond donors (Lipinski definition) is 1. The average Bonchev–Trinajstić information content (AvgIpc) is 1.24. The molecule has 2 aliphatic rings. The number of halogens is 1. The standard InChI is InChI=1S/C64H112FN3O26/c1-71-8-9-72-10-11-73-12-13-74-14-15-75-16-17-76-18-19-77-20-21-78-22-23-79-24-25-80-26-27-81-28-29-82-30-31-83-32-33-84-34-35-85-36-37-86-38-39-87-40-41-88-42-43-89-44-45-90-46-47-91-48-49-92-50-51-93-52-53-94-64(70)59-56-68(57-2-3-57)61-55-62(67-6-4-66-5-7-67)60(65)54-58(61)63(59)69/h54-57,66H,2-53H2,1H3. The molecule has 2 fully saturated rings. The van der Waals surface area contributed by atoms with E-state index < -0.39 is 17.2 Å². The fraction of sp³-hybridized carbons (Fsp3) is 0.844. The highest BCUT2D eigenvalue weighted by atomic mass is 19.1. The molecule has 0 atom stereocenters. The second-order valence-electron chi connectivity index (χ2n) is 20.7. The van der Waals surface area contributed by atoms with Crippen molar-refractivity contribution >= 4 is 22.6 Å². The highest BCUT2D eigenvalue weighted by molar-refractivity contribution is 5.94. The Labute approximate surface area is 554 Å². The van der Waals surface area contributed by atoms with Gasteiger partial charge in [0, 0.05) is 50.9 Å². The summed E-state index contributed by atoms with van der Waals surface area (Å²) < 4.78 is 149. The Balaban J connectivity index is 0.731. The van der Waals surface area contributed by atoms with Gasteiger partial charge in [-0.15, -0.1) is 0 Å². The zero-order valence-electron chi connectivity index (χ0n) is 56.0. The van der Waals surface area contributed by atoms with Crippen molar-refractivity contribution in [3.05, 3.63) is 39.9 Å². The number of benzene rings is 1. The third-order valence-corrected chi connectivity index (χ3v) is 13.4. The van der Waals surface area contributed by atoms with E-state index >= 15 is 4.39 Å². The molecule has 1 N–H and O–H groups in total. The van der Waals surface area contributed by atoms with Gasteiger partial charge in [-0.1, -0.05) is 0 Å². The van der Waals surface area contributed by atoms with Crippen molar-refractivity contribution in [1.82, 2.24) is 9.88 Å². The first-order valence-electron chi connectivity index (χ1n) is 33.3. The quantitative estimate of drug-likeness (QED) is 0.0733. The number of anilines is 1. The molecule has 2 aromatic rings. The second kappa shape index (κ2) is 62.0. The van der Waals surface area contributed by atoms with E-state index in [1.54, 1.807) is 19.4 Å². The zero-order valence-corrected chi connectivity index (χ0v) is 56.0. The normalized spacial score (nSPS) is 13.5. The average molecular weight is 1360 g/mol. The first kappa shape index (κ1) is 83.1. The third-order valence-electron chi connectivity index (χ3n) is 13.4. The summed E-state index contributed by atoms with van der Waals surface area (Å²) >= 11 is 0. The van der Waals surface area contributed by atoms with Crippen LogP contribution >= 0.6 is 0 Å². The van der Waals surface area contributed by atoms with Crippen LogP contribution in [-0.4, -0.2) is 348 Å². The summed E-state index contributed by atoms with van der Waals surface area (Å²) in [4.78, 5) is 28.3.